The smallest absolute Gasteiger partial charge is 0.336 e. The zero-order valence-electron chi connectivity index (χ0n) is 19.8. The van der Waals surface area contributed by atoms with Gasteiger partial charge in [-0.3, -0.25) is 4.79 Å². The van der Waals surface area contributed by atoms with E-state index in [1.54, 1.807) is 78.9 Å². The molecule has 4 rings (SSSR count). The molecule has 0 heterocycles. The van der Waals surface area contributed by atoms with Gasteiger partial charge in [-0.05, 0) is 65.7 Å². The summed E-state index contributed by atoms with van der Waals surface area (Å²) in [5.74, 6) is 0.272. The molecule has 4 aromatic rings. The lowest BCUT2D eigenvalue weighted by Gasteiger charge is -2.18. The minimum atomic E-state index is -1.26. The Morgan fingerprint density at radius 1 is 0.649 bits per heavy atom. The highest BCUT2D eigenvalue weighted by Gasteiger charge is 2.22. The maximum Gasteiger partial charge on any atom is 0.336 e. The van der Waals surface area contributed by atoms with Gasteiger partial charge in [-0.25, -0.2) is 10.2 Å². The highest BCUT2D eigenvalue weighted by atomic mass is 16.7. The maximum atomic E-state index is 12.7. The van der Waals surface area contributed by atoms with Crippen LogP contribution >= 0.6 is 0 Å². The number of benzene rings is 4. The normalized spacial score (nSPS) is 10.9. The van der Waals surface area contributed by atoms with Crippen molar-refractivity contribution in [2.24, 2.45) is 5.10 Å². The SMILES string of the molecule is O=C(/C=C/c1ccccc1)Oc1ccc(/C=N/NC(=O)C(Oc2ccccc2)Oc2ccccc2)cc1. The molecule has 37 heavy (non-hydrogen) atoms. The molecule has 0 saturated carbocycles. The van der Waals surface area contributed by atoms with E-state index in [1.165, 1.54) is 12.3 Å². The van der Waals surface area contributed by atoms with Gasteiger partial charge in [-0.1, -0.05) is 66.7 Å². The lowest BCUT2D eigenvalue weighted by Crippen LogP contribution is -2.40. The van der Waals surface area contributed by atoms with Gasteiger partial charge >= 0.3 is 18.2 Å². The van der Waals surface area contributed by atoms with Crippen LogP contribution in [-0.2, 0) is 9.59 Å². The Labute approximate surface area is 214 Å². The van der Waals surface area contributed by atoms with Gasteiger partial charge in [0.25, 0.3) is 0 Å². The summed E-state index contributed by atoms with van der Waals surface area (Å²) in [5.41, 5.74) is 4.02. The van der Waals surface area contributed by atoms with E-state index in [0.717, 1.165) is 5.56 Å². The number of nitrogens with one attached hydrogen (secondary N) is 1. The van der Waals surface area contributed by atoms with Gasteiger partial charge < -0.3 is 14.2 Å². The van der Waals surface area contributed by atoms with Crippen molar-refractivity contribution in [3.63, 3.8) is 0 Å². The second-order valence-electron chi connectivity index (χ2n) is 7.66. The van der Waals surface area contributed by atoms with E-state index in [1.807, 2.05) is 42.5 Å². The van der Waals surface area contributed by atoms with Gasteiger partial charge in [-0.15, -0.1) is 0 Å². The number of rotatable bonds is 10. The summed E-state index contributed by atoms with van der Waals surface area (Å²) >= 11 is 0. The van der Waals surface area contributed by atoms with E-state index < -0.39 is 18.2 Å². The minimum Gasteiger partial charge on any atom is -0.446 e. The quantitative estimate of drug-likeness (QED) is 0.0817. The Balaban J connectivity index is 1.32. The Morgan fingerprint density at radius 2 is 1.19 bits per heavy atom. The largest absolute Gasteiger partial charge is 0.446 e. The van der Waals surface area contributed by atoms with Crippen molar-refractivity contribution in [1.82, 2.24) is 5.43 Å². The molecule has 0 bridgehead atoms. The van der Waals surface area contributed by atoms with Crippen LogP contribution in [0, 0.1) is 0 Å². The molecule has 0 aliphatic heterocycles. The Morgan fingerprint density at radius 3 is 1.76 bits per heavy atom. The van der Waals surface area contributed by atoms with Gasteiger partial charge in [0.1, 0.15) is 17.2 Å². The summed E-state index contributed by atoms with van der Waals surface area (Å²) in [7, 11) is 0. The van der Waals surface area contributed by atoms with Crippen LogP contribution in [0.5, 0.6) is 17.2 Å². The topological polar surface area (TPSA) is 86.2 Å². The fourth-order valence-electron chi connectivity index (χ4n) is 3.10. The van der Waals surface area contributed by atoms with Gasteiger partial charge in [0.05, 0.1) is 6.21 Å². The third kappa shape index (κ3) is 8.22. The summed E-state index contributed by atoms with van der Waals surface area (Å²) in [6.07, 6.45) is 3.25. The number of carbonyl (C=O) groups excluding carboxylic acids is 2. The number of hydrogen-bond donors (Lipinski definition) is 1. The van der Waals surface area contributed by atoms with Crippen molar-refractivity contribution < 1.29 is 23.8 Å². The molecule has 7 nitrogen and oxygen atoms in total. The van der Waals surface area contributed by atoms with Gasteiger partial charge in [-0.2, -0.15) is 5.10 Å². The first-order valence-electron chi connectivity index (χ1n) is 11.5. The van der Waals surface area contributed by atoms with Crippen LogP contribution in [-0.4, -0.2) is 24.4 Å². The predicted octanol–water partition coefficient (Wildman–Crippen LogP) is 5.24. The summed E-state index contributed by atoms with van der Waals surface area (Å²) in [6, 6.07) is 33.9. The monoisotopic (exact) mass is 492 g/mol. The highest BCUT2D eigenvalue weighted by Crippen LogP contribution is 2.16. The molecule has 0 spiro atoms. The first kappa shape index (κ1) is 24.9. The number of nitrogens with zero attached hydrogens (tertiary/aromatic N) is 1. The number of para-hydroxylation sites is 2. The number of esters is 1. The van der Waals surface area contributed by atoms with Crippen molar-refractivity contribution in [2.75, 3.05) is 0 Å². The van der Waals surface area contributed by atoms with Crippen LogP contribution < -0.4 is 19.6 Å². The lowest BCUT2D eigenvalue weighted by molar-refractivity contribution is -0.140. The van der Waals surface area contributed by atoms with Crippen LogP contribution in [0.25, 0.3) is 6.08 Å². The number of carbonyl (C=O) groups is 2. The van der Waals surface area contributed by atoms with Crippen molar-refractivity contribution in [1.29, 1.82) is 0 Å². The number of hydrogen-bond acceptors (Lipinski definition) is 6. The molecule has 0 saturated heterocycles. The lowest BCUT2D eigenvalue weighted by atomic mass is 10.2. The summed E-state index contributed by atoms with van der Waals surface area (Å²) < 4.78 is 16.7. The van der Waals surface area contributed by atoms with Crippen molar-refractivity contribution in [3.8, 4) is 17.2 Å². The molecular formula is C30H24N2O5. The predicted molar refractivity (Wildman–Crippen MR) is 141 cm³/mol. The van der Waals surface area contributed by atoms with Crippen molar-refractivity contribution >= 4 is 24.2 Å². The number of hydrazone groups is 1. The van der Waals surface area contributed by atoms with Crippen molar-refractivity contribution in [3.05, 3.63) is 132 Å². The minimum absolute atomic E-state index is 0.386. The third-order valence-electron chi connectivity index (χ3n) is 4.89. The van der Waals surface area contributed by atoms with Crippen molar-refractivity contribution in [2.45, 2.75) is 6.29 Å². The summed E-state index contributed by atoms with van der Waals surface area (Å²) in [5, 5.41) is 4.00. The standard InChI is InChI=1S/C30H24N2O5/c33-28(21-18-23-10-4-1-5-11-23)35-27-19-16-24(17-20-27)22-31-32-29(34)30(36-25-12-6-2-7-13-25)37-26-14-8-3-9-15-26/h1-22,30H,(H,32,34)/b21-18+,31-22+. The van der Waals surface area contributed by atoms with Gasteiger partial charge in [0, 0.05) is 6.08 Å². The van der Waals surface area contributed by atoms with Crippen LogP contribution in [0.15, 0.2) is 126 Å². The second kappa shape index (κ2) is 13.1. The van der Waals surface area contributed by atoms with E-state index in [9.17, 15) is 9.59 Å². The average Bonchev–Trinajstić information content (AvgIpc) is 2.94. The Kier molecular flexibility index (Phi) is 8.80. The fourth-order valence-corrected chi connectivity index (χ4v) is 3.10. The third-order valence-corrected chi connectivity index (χ3v) is 4.89. The molecule has 0 aliphatic carbocycles. The molecule has 0 aliphatic rings. The van der Waals surface area contributed by atoms with E-state index >= 15 is 0 Å². The Hall–Kier alpha value is -5.17. The van der Waals surface area contributed by atoms with Crippen LogP contribution in [0.4, 0.5) is 0 Å². The van der Waals surface area contributed by atoms with Crippen LogP contribution in [0.3, 0.4) is 0 Å². The second-order valence-corrected chi connectivity index (χ2v) is 7.66. The van der Waals surface area contributed by atoms with E-state index in [0.29, 0.717) is 22.8 Å². The molecule has 7 heteroatoms. The highest BCUT2D eigenvalue weighted by molar-refractivity contribution is 5.89. The number of ether oxygens (including phenoxy) is 3. The molecule has 0 atom stereocenters. The zero-order chi connectivity index (χ0) is 25.7. The molecule has 0 unspecified atom stereocenters. The number of amides is 1. The summed E-state index contributed by atoms with van der Waals surface area (Å²) in [6.45, 7) is 0. The molecule has 0 aromatic heterocycles. The first-order chi connectivity index (χ1) is 18.2. The van der Waals surface area contributed by atoms with Gasteiger partial charge in [0.2, 0.25) is 0 Å². The first-order valence-corrected chi connectivity index (χ1v) is 11.5. The summed E-state index contributed by atoms with van der Waals surface area (Å²) in [4.78, 5) is 24.8. The molecular weight excluding hydrogens is 468 g/mol. The molecule has 184 valence electrons. The molecule has 0 fully saturated rings. The van der Waals surface area contributed by atoms with E-state index in [-0.39, 0.29) is 0 Å². The van der Waals surface area contributed by atoms with E-state index in [4.69, 9.17) is 14.2 Å². The molecule has 4 aromatic carbocycles. The van der Waals surface area contributed by atoms with Gasteiger partial charge in [0.15, 0.2) is 0 Å². The van der Waals surface area contributed by atoms with E-state index in [2.05, 4.69) is 10.5 Å². The zero-order valence-corrected chi connectivity index (χ0v) is 19.8. The molecule has 1 amide bonds. The van der Waals surface area contributed by atoms with Crippen LogP contribution in [0.2, 0.25) is 0 Å². The molecule has 1 N–H and O–H groups in total. The van der Waals surface area contributed by atoms with Crippen LogP contribution in [0.1, 0.15) is 11.1 Å². The maximum absolute atomic E-state index is 12.7. The Bertz CT molecular complexity index is 1300. The molecule has 0 radical (unpaired) electrons. The average molecular weight is 493 g/mol. The fraction of sp³-hybridized carbons (Fsp3) is 0.0333.